The van der Waals surface area contributed by atoms with E-state index in [0.717, 1.165) is 0 Å². The first-order valence-corrected chi connectivity index (χ1v) is 3.62. The van der Waals surface area contributed by atoms with Gasteiger partial charge in [-0.1, -0.05) is 19.6 Å². The monoisotopic (exact) mass is 150 g/mol. The lowest BCUT2D eigenvalue weighted by Crippen LogP contribution is -2.07. The molecule has 0 atom stereocenters. The Labute approximate surface area is 67.7 Å². The molecule has 0 rings (SSSR count). The SMILES string of the molecule is C=CC(=N)/C(=C\C)C(=N)CC. The van der Waals surface area contributed by atoms with Gasteiger partial charge in [0, 0.05) is 11.3 Å². The first-order chi connectivity index (χ1) is 5.17. The van der Waals surface area contributed by atoms with Crippen molar-refractivity contribution in [3.05, 3.63) is 24.3 Å². The predicted molar refractivity (Wildman–Crippen MR) is 49.7 cm³/mol. The molecule has 0 aliphatic heterocycles. The van der Waals surface area contributed by atoms with Crippen molar-refractivity contribution in [1.82, 2.24) is 0 Å². The first kappa shape index (κ1) is 9.82. The maximum atomic E-state index is 7.47. The molecule has 0 saturated carbocycles. The van der Waals surface area contributed by atoms with Crippen LogP contribution in [0.25, 0.3) is 0 Å². The topological polar surface area (TPSA) is 47.7 Å². The lowest BCUT2D eigenvalue weighted by atomic mass is 10.0. The normalized spacial score (nSPS) is 10.9. The molecule has 0 radical (unpaired) electrons. The van der Waals surface area contributed by atoms with Gasteiger partial charge >= 0.3 is 0 Å². The molecule has 0 aromatic rings. The van der Waals surface area contributed by atoms with Crippen molar-refractivity contribution in [1.29, 1.82) is 10.8 Å². The van der Waals surface area contributed by atoms with Gasteiger partial charge in [0.2, 0.25) is 0 Å². The van der Waals surface area contributed by atoms with Gasteiger partial charge in [-0.15, -0.1) is 0 Å². The Kier molecular flexibility index (Phi) is 4.11. The molecule has 0 spiro atoms. The summed E-state index contributed by atoms with van der Waals surface area (Å²) >= 11 is 0. The zero-order valence-electron chi connectivity index (χ0n) is 7.07. The second-order valence-corrected chi connectivity index (χ2v) is 2.15. The van der Waals surface area contributed by atoms with Crippen molar-refractivity contribution < 1.29 is 0 Å². The van der Waals surface area contributed by atoms with Crippen LogP contribution in [0.4, 0.5) is 0 Å². The average Bonchev–Trinajstić information content (AvgIpc) is 2.05. The van der Waals surface area contributed by atoms with E-state index < -0.39 is 0 Å². The molecule has 0 unspecified atom stereocenters. The predicted octanol–water partition coefficient (Wildman–Crippen LogP) is 2.57. The van der Waals surface area contributed by atoms with Crippen LogP contribution in [0.2, 0.25) is 0 Å². The third-order valence-electron chi connectivity index (χ3n) is 1.46. The Morgan fingerprint density at radius 3 is 2.27 bits per heavy atom. The van der Waals surface area contributed by atoms with Crippen LogP contribution in [0.15, 0.2) is 24.3 Å². The van der Waals surface area contributed by atoms with Gasteiger partial charge < -0.3 is 10.8 Å². The summed E-state index contributed by atoms with van der Waals surface area (Å²) in [6, 6.07) is 0. The molecule has 2 heteroatoms. The van der Waals surface area contributed by atoms with E-state index in [0.29, 0.717) is 23.4 Å². The number of hydrogen-bond donors (Lipinski definition) is 2. The Morgan fingerprint density at radius 2 is 2.00 bits per heavy atom. The maximum Gasteiger partial charge on any atom is 0.0621 e. The van der Waals surface area contributed by atoms with Gasteiger partial charge in [-0.05, 0) is 19.4 Å². The second-order valence-electron chi connectivity index (χ2n) is 2.15. The highest BCUT2D eigenvalue weighted by molar-refractivity contribution is 6.25. The Bertz CT molecular complexity index is 212. The van der Waals surface area contributed by atoms with Crippen LogP contribution in [0.5, 0.6) is 0 Å². The van der Waals surface area contributed by atoms with Crippen LogP contribution in [0.3, 0.4) is 0 Å². The quantitative estimate of drug-likeness (QED) is 0.579. The highest BCUT2D eigenvalue weighted by Gasteiger charge is 2.04. The Balaban J connectivity index is 4.56. The molecule has 0 fully saturated rings. The molecule has 60 valence electrons. The average molecular weight is 150 g/mol. The van der Waals surface area contributed by atoms with Crippen molar-refractivity contribution in [3.63, 3.8) is 0 Å². The summed E-state index contributed by atoms with van der Waals surface area (Å²) in [4.78, 5) is 0. The molecule has 0 aliphatic rings. The molecule has 0 aliphatic carbocycles. The Hall–Kier alpha value is -1.18. The standard InChI is InChI=1S/C9H14N2/c1-4-7(8(10)5-2)9(11)6-3/h4-5,10-11H,2,6H2,1,3H3/b7-4+,10-8?,11-9?. The smallest absolute Gasteiger partial charge is 0.0621 e. The van der Waals surface area contributed by atoms with Crippen LogP contribution in [0, 0.1) is 10.8 Å². The first-order valence-electron chi connectivity index (χ1n) is 3.62. The largest absolute Gasteiger partial charge is 0.305 e. The molecule has 2 N–H and O–H groups in total. The zero-order chi connectivity index (χ0) is 8.85. The van der Waals surface area contributed by atoms with Crippen LogP contribution >= 0.6 is 0 Å². The summed E-state index contributed by atoms with van der Waals surface area (Å²) in [5.41, 5.74) is 1.51. The molecule has 0 aromatic heterocycles. The third kappa shape index (κ3) is 2.50. The highest BCUT2D eigenvalue weighted by Crippen LogP contribution is 2.02. The van der Waals surface area contributed by atoms with E-state index in [2.05, 4.69) is 6.58 Å². The van der Waals surface area contributed by atoms with Gasteiger partial charge in [-0.2, -0.15) is 0 Å². The lowest BCUT2D eigenvalue weighted by Gasteiger charge is -2.03. The van der Waals surface area contributed by atoms with Crippen molar-refractivity contribution in [2.75, 3.05) is 0 Å². The van der Waals surface area contributed by atoms with E-state index in [4.69, 9.17) is 10.8 Å². The van der Waals surface area contributed by atoms with Crippen molar-refractivity contribution >= 4 is 11.4 Å². The highest BCUT2D eigenvalue weighted by atomic mass is 14.5. The summed E-state index contributed by atoms with van der Waals surface area (Å²) < 4.78 is 0. The molecule has 0 aromatic carbocycles. The van der Waals surface area contributed by atoms with E-state index in [1.165, 1.54) is 6.08 Å². The number of rotatable bonds is 4. The summed E-state index contributed by atoms with van der Waals surface area (Å²) in [6.07, 6.45) is 3.89. The van der Waals surface area contributed by atoms with Crippen LogP contribution in [-0.2, 0) is 0 Å². The molecular formula is C9H14N2. The van der Waals surface area contributed by atoms with Crippen LogP contribution in [-0.4, -0.2) is 11.4 Å². The van der Waals surface area contributed by atoms with Gasteiger partial charge in [-0.25, -0.2) is 0 Å². The second kappa shape index (κ2) is 4.61. The van der Waals surface area contributed by atoms with E-state index in [-0.39, 0.29) is 0 Å². The number of allylic oxidation sites excluding steroid dienone is 3. The fourth-order valence-corrected chi connectivity index (χ4v) is 0.793. The fourth-order valence-electron chi connectivity index (χ4n) is 0.793. The van der Waals surface area contributed by atoms with Crippen molar-refractivity contribution in [3.8, 4) is 0 Å². The molecule has 0 bridgehead atoms. The fraction of sp³-hybridized carbons (Fsp3) is 0.333. The van der Waals surface area contributed by atoms with Gasteiger partial charge in [0.05, 0.1) is 5.71 Å². The van der Waals surface area contributed by atoms with Crippen molar-refractivity contribution in [2.24, 2.45) is 0 Å². The number of hydrogen-bond acceptors (Lipinski definition) is 2. The van der Waals surface area contributed by atoms with Gasteiger partial charge in [0.1, 0.15) is 0 Å². The van der Waals surface area contributed by atoms with E-state index >= 15 is 0 Å². The van der Waals surface area contributed by atoms with E-state index in [1.54, 1.807) is 6.08 Å². The molecule has 0 heterocycles. The minimum absolute atomic E-state index is 0.333. The van der Waals surface area contributed by atoms with Crippen LogP contribution in [0.1, 0.15) is 20.3 Å². The molecular weight excluding hydrogens is 136 g/mol. The van der Waals surface area contributed by atoms with Gasteiger partial charge in [-0.3, -0.25) is 0 Å². The third-order valence-corrected chi connectivity index (χ3v) is 1.46. The van der Waals surface area contributed by atoms with Crippen molar-refractivity contribution in [2.45, 2.75) is 20.3 Å². The summed E-state index contributed by atoms with van der Waals surface area (Å²) in [5.74, 6) is 0. The summed E-state index contributed by atoms with van der Waals surface area (Å²) in [5, 5.41) is 14.9. The molecule has 11 heavy (non-hydrogen) atoms. The summed E-state index contributed by atoms with van der Waals surface area (Å²) in [6.45, 7) is 7.22. The molecule has 0 saturated heterocycles. The lowest BCUT2D eigenvalue weighted by molar-refractivity contribution is 1.24. The van der Waals surface area contributed by atoms with E-state index in [9.17, 15) is 0 Å². The van der Waals surface area contributed by atoms with Gasteiger partial charge in [0.15, 0.2) is 0 Å². The molecule has 0 amide bonds. The van der Waals surface area contributed by atoms with Crippen LogP contribution < -0.4 is 0 Å². The molecule has 2 nitrogen and oxygen atoms in total. The summed E-state index contributed by atoms with van der Waals surface area (Å²) in [7, 11) is 0. The Morgan fingerprint density at radius 1 is 1.45 bits per heavy atom. The number of nitrogens with one attached hydrogen (secondary N) is 2. The maximum absolute atomic E-state index is 7.47. The van der Waals surface area contributed by atoms with E-state index in [1.807, 2.05) is 13.8 Å². The zero-order valence-corrected chi connectivity index (χ0v) is 7.07. The minimum Gasteiger partial charge on any atom is -0.305 e. The van der Waals surface area contributed by atoms with Gasteiger partial charge in [0.25, 0.3) is 0 Å². The minimum atomic E-state index is 0.333.